The van der Waals surface area contributed by atoms with Crippen molar-refractivity contribution in [2.75, 3.05) is 11.1 Å². The summed E-state index contributed by atoms with van der Waals surface area (Å²) in [6.45, 7) is 0. The van der Waals surface area contributed by atoms with Gasteiger partial charge in [0.15, 0.2) is 11.6 Å². The van der Waals surface area contributed by atoms with Crippen molar-refractivity contribution in [3.05, 3.63) is 48.0 Å². The third-order valence-corrected chi connectivity index (χ3v) is 3.28. The van der Waals surface area contributed by atoms with Gasteiger partial charge in [-0.3, -0.25) is 0 Å². The fourth-order valence-corrected chi connectivity index (χ4v) is 2.19. The maximum atomic E-state index is 13.7. The van der Waals surface area contributed by atoms with Gasteiger partial charge in [0, 0.05) is 4.90 Å². The second-order valence-electron chi connectivity index (χ2n) is 3.83. The monoisotopic (exact) mass is 302 g/mol. The smallest absolute Gasteiger partial charge is 0.288 e. The topological polar surface area (TPSA) is 38.0 Å². The molecule has 3 N–H and O–H groups in total. The molecular formula is C13H10F4N2S. The number of hydrogen-bond donors (Lipinski definition) is 2. The lowest BCUT2D eigenvalue weighted by Gasteiger charge is -2.14. The molecule has 0 aliphatic heterocycles. The second-order valence-corrected chi connectivity index (χ2v) is 4.86. The number of halogens is 4. The number of hydrogen-bond acceptors (Lipinski definition) is 3. The number of nitrogens with one attached hydrogen (secondary N) is 1. The fourth-order valence-electron chi connectivity index (χ4n) is 1.60. The van der Waals surface area contributed by atoms with Crippen LogP contribution in [0.15, 0.2) is 41.3 Å². The molecule has 0 unspecified atom stereocenters. The minimum Gasteiger partial charge on any atom is -0.397 e. The summed E-state index contributed by atoms with van der Waals surface area (Å²) in [5, 5.41) is 2.56. The summed E-state index contributed by atoms with van der Waals surface area (Å²) in [7, 11) is 0. The van der Waals surface area contributed by atoms with Crippen LogP contribution in [0.2, 0.25) is 0 Å². The summed E-state index contributed by atoms with van der Waals surface area (Å²) in [5.41, 5.74) is 5.51. The van der Waals surface area contributed by atoms with Gasteiger partial charge in [-0.2, -0.15) is 8.78 Å². The van der Waals surface area contributed by atoms with E-state index >= 15 is 0 Å². The molecule has 2 aromatic rings. The van der Waals surface area contributed by atoms with E-state index in [1.807, 2.05) is 0 Å². The van der Waals surface area contributed by atoms with Crippen molar-refractivity contribution in [2.45, 2.75) is 10.7 Å². The lowest BCUT2D eigenvalue weighted by Crippen LogP contribution is -2.02. The van der Waals surface area contributed by atoms with Crippen LogP contribution in [0.3, 0.4) is 0 Å². The van der Waals surface area contributed by atoms with Crippen LogP contribution in [0.25, 0.3) is 0 Å². The number of para-hydroxylation sites is 1. The summed E-state index contributed by atoms with van der Waals surface area (Å²) >= 11 is 0.307. The van der Waals surface area contributed by atoms with Crippen LogP contribution in [0, 0.1) is 11.6 Å². The first-order chi connectivity index (χ1) is 9.49. The first-order valence-electron chi connectivity index (χ1n) is 5.53. The summed E-state index contributed by atoms with van der Waals surface area (Å²) < 4.78 is 51.7. The van der Waals surface area contributed by atoms with Gasteiger partial charge >= 0.3 is 0 Å². The largest absolute Gasteiger partial charge is 0.397 e. The van der Waals surface area contributed by atoms with Crippen molar-refractivity contribution in [3.63, 3.8) is 0 Å². The molecule has 0 heterocycles. The first kappa shape index (κ1) is 14.5. The van der Waals surface area contributed by atoms with Crippen molar-refractivity contribution in [3.8, 4) is 0 Å². The van der Waals surface area contributed by atoms with E-state index in [1.54, 1.807) is 12.1 Å². The Morgan fingerprint density at radius 3 is 2.45 bits per heavy atom. The van der Waals surface area contributed by atoms with Gasteiger partial charge in [0.05, 0.1) is 11.4 Å². The molecule has 0 spiro atoms. The standard InChI is InChI=1S/C13H10F4N2S/c14-7-5-6-8(18)12(11(7)15)19-9-3-1-2-4-10(9)20-13(16)17/h1-6,13,19H,18H2. The number of rotatable bonds is 4. The molecule has 2 aromatic carbocycles. The van der Waals surface area contributed by atoms with Gasteiger partial charge in [0.25, 0.3) is 5.76 Å². The van der Waals surface area contributed by atoms with Crippen LogP contribution in [-0.4, -0.2) is 5.76 Å². The Kier molecular flexibility index (Phi) is 4.39. The van der Waals surface area contributed by atoms with E-state index in [-0.39, 0.29) is 22.0 Å². The molecule has 0 aliphatic rings. The Bertz CT molecular complexity index is 619. The predicted octanol–water partition coefficient (Wildman–Crippen LogP) is 4.61. The highest BCUT2D eigenvalue weighted by molar-refractivity contribution is 7.99. The molecule has 2 rings (SSSR count). The van der Waals surface area contributed by atoms with Crippen LogP contribution < -0.4 is 11.1 Å². The molecule has 2 nitrogen and oxygen atoms in total. The number of nitrogen functional groups attached to an aromatic ring is 1. The SMILES string of the molecule is Nc1ccc(F)c(F)c1Nc1ccccc1SC(F)F. The minimum absolute atomic E-state index is 0.0132. The molecule has 0 fully saturated rings. The Hall–Kier alpha value is -1.89. The highest BCUT2D eigenvalue weighted by Gasteiger charge is 2.15. The molecule has 0 atom stereocenters. The highest BCUT2D eigenvalue weighted by atomic mass is 32.2. The van der Waals surface area contributed by atoms with Crippen molar-refractivity contribution >= 4 is 28.8 Å². The second kappa shape index (κ2) is 6.04. The molecule has 0 amide bonds. The van der Waals surface area contributed by atoms with Crippen LogP contribution in [-0.2, 0) is 0 Å². The number of benzene rings is 2. The van der Waals surface area contributed by atoms with Crippen molar-refractivity contribution in [2.24, 2.45) is 0 Å². The molecule has 0 aromatic heterocycles. The van der Waals surface area contributed by atoms with Gasteiger partial charge in [-0.25, -0.2) is 8.78 Å². The number of thioether (sulfide) groups is 1. The zero-order valence-electron chi connectivity index (χ0n) is 10.0. The van der Waals surface area contributed by atoms with Crippen molar-refractivity contribution in [1.82, 2.24) is 0 Å². The van der Waals surface area contributed by atoms with E-state index in [0.717, 1.165) is 6.07 Å². The number of alkyl halides is 2. The number of anilines is 3. The molecule has 0 radical (unpaired) electrons. The molecule has 0 aliphatic carbocycles. The van der Waals surface area contributed by atoms with Gasteiger partial charge in [-0.1, -0.05) is 23.9 Å². The average molecular weight is 302 g/mol. The Morgan fingerprint density at radius 2 is 1.75 bits per heavy atom. The quantitative estimate of drug-likeness (QED) is 0.492. The molecule has 0 bridgehead atoms. The van der Waals surface area contributed by atoms with Crippen molar-refractivity contribution < 1.29 is 17.6 Å². The molecule has 20 heavy (non-hydrogen) atoms. The van der Waals surface area contributed by atoms with Gasteiger partial charge in [0.1, 0.15) is 5.69 Å². The maximum Gasteiger partial charge on any atom is 0.288 e. The molecule has 0 saturated heterocycles. The summed E-state index contributed by atoms with van der Waals surface area (Å²) in [6, 6.07) is 8.19. The van der Waals surface area contributed by atoms with E-state index in [4.69, 9.17) is 5.73 Å². The molecule has 0 saturated carbocycles. The van der Waals surface area contributed by atoms with Gasteiger partial charge in [-0.15, -0.1) is 0 Å². The van der Waals surface area contributed by atoms with E-state index in [2.05, 4.69) is 5.32 Å². The average Bonchev–Trinajstić information content (AvgIpc) is 2.40. The zero-order chi connectivity index (χ0) is 14.7. The maximum absolute atomic E-state index is 13.7. The predicted molar refractivity (Wildman–Crippen MR) is 72.4 cm³/mol. The summed E-state index contributed by atoms with van der Waals surface area (Å²) in [4.78, 5) is 0.213. The first-order valence-corrected chi connectivity index (χ1v) is 6.41. The van der Waals surface area contributed by atoms with Gasteiger partial charge in [0.2, 0.25) is 0 Å². The molecule has 7 heteroatoms. The lowest BCUT2D eigenvalue weighted by molar-refractivity contribution is 0.252. The number of nitrogens with two attached hydrogens (primary N) is 1. The van der Waals surface area contributed by atoms with Gasteiger partial charge in [-0.05, 0) is 24.3 Å². The Morgan fingerprint density at radius 1 is 1.05 bits per heavy atom. The van der Waals surface area contributed by atoms with E-state index < -0.39 is 17.4 Å². The molecule has 106 valence electrons. The van der Waals surface area contributed by atoms with E-state index in [0.29, 0.717) is 11.8 Å². The van der Waals surface area contributed by atoms with Crippen LogP contribution >= 0.6 is 11.8 Å². The fraction of sp³-hybridized carbons (Fsp3) is 0.0769. The summed E-state index contributed by atoms with van der Waals surface area (Å²) in [6.07, 6.45) is 0. The van der Waals surface area contributed by atoms with Gasteiger partial charge < -0.3 is 11.1 Å². The van der Waals surface area contributed by atoms with Crippen molar-refractivity contribution in [1.29, 1.82) is 0 Å². The normalized spacial score (nSPS) is 10.8. The third-order valence-electron chi connectivity index (χ3n) is 2.49. The van der Waals surface area contributed by atoms with E-state index in [1.165, 1.54) is 18.2 Å². The molecular weight excluding hydrogens is 292 g/mol. The highest BCUT2D eigenvalue weighted by Crippen LogP contribution is 2.35. The van der Waals surface area contributed by atoms with Crippen LogP contribution in [0.4, 0.5) is 34.6 Å². The lowest BCUT2D eigenvalue weighted by atomic mass is 10.2. The van der Waals surface area contributed by atoms with Crippen LogP contribution in [0.5, 0.6) is 0 Å². The minimum atomic E-state index is -2.62. The van der Waals surface area contributed by atoms with Crippen LogP contribution in [0.1, 0.15) is 0 Å². The summed E-state index contributed by atoms with van der Waals surface area (Å²) in [5.74, 6) is -4.84. The van der Waals surface area contributed by atoms with E-state index in [9.17, 15) is 17.6 Å². The third kappa shape index (κ3) is 3.16. The Labute approximate surface area is 117 Å². The Balaban J connectivity index is 2.38. The zero-order valence-corrected chi connectivity index (χ0v) is 10.9.